The fourth-order valence-corrected chi connectivity index (χ4v) is 3.02. The molecule has 2 N–H and O–H groups in total. The van der Waals surface area contributed by atoms with Crippen LogP contribution in [0.2, 0.25) is 0 Å². The summed E-state index contributed by atoms with van der Waals surface area (Å²) in [7, 11) is 1.62. The Labute approximate surface area is 173 Å². The van der Waals surface area contributed by atoms with Gasteiger partial charge in [0.15, 0.2) is 0 Å². The molecule has 0 bridgehead atoms. The molecule has 2 aromatic carbocycles. The quantitative estimate of drug-likeness (QED) is 0.553. The third-order valence-corrected chi connectivity index (χ3v) is 4.59. The predicted molar refractivity (Wildman–Crippen MR) is 116 cm³/mol. The molecule has 146 valence electrons. The molecule has 2 amide bonds. The van der Waals surface area contributed by atoms with E-state index in [9.17, 15) is 4.79 Å². The van der Waals surface area contributed by atoms with Crippen LogP contribution < -0.4 is 15.4 Å². The van der Waals surface area contributed by atoms with Gasteiger partial charge in [0, 0.05) is 27.7 Å². The van der Waals surface area contributed by atoms with Crippen LogP contribution in [0.25, 0.3) is 5.69 Å². The summed E-state index contributed by atoms with van der Waals surface area (Å²) in [6.45, 7) is 6.24. The lowest BCUT2D eigenvalue weighted by atomic mass is 9.92. The van der Waals surface area contributed by atoms with Gasteiger partial charge in [-0.05, 0) is 30.3 Å². The minimum absolute atomic E-state index is 0.165. The van der Waals surface area contributed by atoms with Gasteiger partial charge in [0.25, 0.3) is 0 Å². The van der Waals surface area contributed by atoms with Crippen molar-refractivity contribution in [3.63, 3.8) is 0 Å². The number of nitrogens with zero attached hydrogens (tertiary/aromatic N) is 2. The van der Waals surface area contributed by atoms with Crippen molar-refractivity contribution in [1.82, 2.24) is 9.78 Å². The van der Waals surface area contributed by atoms with Crippen molar-refractivity contribution in [1.29, 1.82) is 0 Å². The Morgan fingerprint density at radius 2 is 1.82 bits per heavy atom. The lowest BCUT2D eigenvalue weighted by molar-refractivity contribution is 0.262. The summed E-state index contributed by atoms with van der Waals surface area (Å²) in [6, 6.07) is 16.5. The second kappa shape index (κ2) is 8.06. The number of hydrogen-bond acceptors (Lipinski definition) is 3. The van der Waals surface area contributed by atoms with E-state index in [2.05, 4.69) is 47.3 Å². The smallest absolute Gasteiger partial charge is 0.324 e. The van der Waals surface area contributed by atoms with Crippen LogP contribution in [0.4, 0.5) is 16.3 Å². The summed E-state index contributed by atoms with van der Waals surface area (Å²) in [4.78, 5) is 12.6. The molecule has 0 unspecified atom stereocenters. The van der Waals surface area contributed by atoms with Crippen molar-refractivity contribution in [2.45, 2.75) is 26.2 Å². The molecule has 0 radical (unpaired) electrons. The Morgan fingerprint density at radius 3 is 2.50 bits per heavy atom. The molecule has 28 heavy (non-hydrogen) atoms. The summed E-state index contributed by atoms with van der Waals surface area (Å²) in [6.07, 6.45) is 0. The first-order chi connectivity index (χ1) is 13.3. The Hall–Kier alpha value is -2.80. The molecular formula is C21H23BrN4O2. The van der Waals surface area contributed by atoms with Gasteiger partial charge in [0.1, 0.15) is 11.6 Å². The standard InChI is InChI=1S/C21H23BrN4O2/c1-21(2,3)18-13-19(24-20(27)23-15-8-5-7-14(22)11-15)26(25-18)16-9-6-10-17(12-16)28-4/h5-13H,1-4H3,(H2,23,24,27). The molecule has 0 saturated carbocycles. The number of amides is 2. The van der Waals surface area contributed by atoms with Gasteiger partial charge in [-0.25, -0.2) is 9.48 Å². The number of benzene rings is 2. The van der Waals surface area contributed by atoms with Crippen molar-refractivity contribution in [2.75, 3.05) is 17.7 Å². The summed E-state index contributed by atoms with van der Waals surface area (Å²) < 4.78 is 7.92. The SMILES string of the molecule is COc1cccc(-n2nc(C(C)(C)C)cc2NC(=O)Nc2cccc(Br)c2)c1. The number of hydrogen-bond donors (Lipinski definition) is 2. The number of methoxy groups -OCH3 is 1. The molecule has 1 aromatic heterocycles. The first-order valence-electron chi connectivity index (χ1n) is 8.85. The van der Waals surface area contributed by atoms with Crippen molar-refractivity contribution in [3.05, 3.63) is 64.8 Å². The Bertz CT molecular complexity index is 992. The van der Waals surface area contributed by atoms with Gasteiger partial charge in [-0.3, -0.25) is 5.32 Å². The zero-order valence-electron chi connectivity index (χ0n) is 16.3. The van der Waals surface area contributed by atoms with E-state index in [1.54, 1.807) is 11.8 Å². The molecular weight excluding hydrogens is 420 g/mol. The highest BCUT2D eigenvalue weighted by Crippen LogP contribution is 2.27. The second-order valence-electron chi connectivity index (χ2n) is 7.37. The van der Waals surface area contributed by atoms with E-state index >= 15 is 0 Å². The van der Waals surface area contributed by atoms with E-state index < -0.39 is 0 Å². The monoisotopic (exact) mass is 442 g/mol. The van der Waals surface area contributed by atoms with E-state index in [1.807, 2.05) is 54.6 Å². The average molecular weight is 443 g/mol. The second-order valence-corrected chi connectivity index (χ2v) is 8.28. The maximum Gasteiger partial charge on any atom is 0.324 e. The fourth-order valence-electron chi connectivity index (χ4n) is 2.62. The van der Waals surface area contributed by atoms with E-state index in [0.29, 0.717) is 11.5 Å². The topological polar surface area (TPSA) is 68.2 Å². The van der Waals surface area contributed by atoms with Crippen molar-refractivity contribution >= 4 is 33.5 Å². The summed E-state index contributed by atoms with van der Waals surface area (Å²) in [5, 5.41) is 10.4. The van der Waals surface area contributed by atoms with Crippen LogP contribution in [0, 0.1) is 0 Å². The van der Waals surface area contributed by atoms with Gasteiger partial charge >= 0.3 is 6.03 Å². The lowest BCUT2D eigenvalue weighted by Gasteiger charge is -2.14. The Balaban J connectivity index is 1.92. The molecule has 0 fully saturated rings. The highest BCUT2D eigenvalue weighted by molar-refractivity contribution is 9.10. The molecule has 0 atom stereocenters. The molecule has 1 heterocycles. The Morgan fingerprint density at radius 1 is 1.07 bits per heavy atom. The zero-order valence-corrected chi connectivity index (χ0v) is 17.9. The first kappa shape index (κ1) is 19.9. The van der Waals surface area contributed by atoms with Crippen LogP contribution >= 0.6 is 15.9 Å². The normalized spacial score (nSPS) is 11.2. The number of ether oxygens (including phenoxy) is 1. The number of carbonyl (C=O) groups is 1. The van der Waals surface area contributed by atoms with Crippen molar-refractivity contribution in [2.24, 2.45) is 0 Å². The van der Waals surface area contributed by atoms with E-state index in [1.165, 1.54) is 0 Å². The number of carbonyl (C=O) groups excluding carboxylic acids is 1. The molecule has 6 nitrogen and oxygen atoms in total. The van der Waals surface area contributed by atoms with Crippen LogP contribution in [0.3, 0.4) is 0 Å². The number of aromatic nitrogens is 2. The minimum atomic E-state index is -0.345. The third-order valence-electron chi connectivity index (χ3n) is 4.10. The van der Waals surface area contributed by atoms with E-state index in [-0.39, 0.29) is 11.4 Å². The highest BCUT2D eigenvalue weighted by atomic mass is 79.9. The van der Waals surface area contributed by atoms with Gasteiger partial charge in [-0.2, -0.15) is 5.10 Å². The average Bonchev–Trinajstić information content (AvgIpc) is 3.06. The summed E-state index contributed by atoms with van der Waals surface area (Å²) in [5.41, 5.74) is 2.19. The lowest BCUT2D eigenvalue weighted by Crippen LogP contribution is -2.21. The van der Waals surface area contributed by atoms with Crippen LogP contribution in [-0.4, -0.2) is 22.9 Å². The minimum Gasteiger partial charge on any atom is -0.497 e. The molecule has 0 aliphatic rings. The van der Waals surface area contributed by atoms with Gasteiger partial charge in [-0.1, -0.05) is 48.8 Å². The van der Waals surface area contributed by atoms with Gasteiger partial charge in [0.05, 0.1) is 18.5 Å². The van der Waals surface area contributed by atoms with E-state index in [4.69, 9.17) is 9.84 Å². The molecule has 0 saturated heterocycles. The molecule has 3 rings (SSSR count). The van der Waals surface area contributed by atoms with E-state index in [0.717, 1.165) is 21.6 Å². The number of nitrogens with one attached hydrogen (secondary N) is 2. The van der Waals surface area contributed by atoms with Gasteiger partial charge in [-0.15, -0.1) is 0 Å². The highest BCUT2D eigenvalue weighted by Gasteiger charge is 2.21. The molecule has 7 heteroatoms. The summed E-state index contributed by atoms with van der Waals surface area (Å²) in [5.74, 6) is 1.29. The predicted octanol–water partition coefficient (Wildman–Crippen LogP) is 5.58. The zero-order chi connectivity index (χ0) is 20.3. The number of halogens is 1. The number of urea groups is 1. The van der Waals surface area contributed by atoms with Crippen molar-refractivity contribution in [3.8, 4) is 11.4 Å². The van der Waals surface area contributed by atoms with Gasteiger partial charge < -0.3 is 10.1 Å². The fraction of sp³-hybridized carbons (Fsp3) is 0.238. The summed E-state index contributed by atoms with van der Waals surface area (Å²) >= 11 is 3.40. The molecule has 3 aromatic rings. The third kappa shape index (κ3) is 4.72. The first-order valence-corrected chi connectivity index (χ1v) is 9.64. The number of anilines is 2. The van der Waals surface area contributed by atoms with Crippen molar-refractivity contribution < 1.29 is 9.53 Å². The molecule has 0 aliphatic heterocycles. The Kier molecular flexibility index (Phi) is 5.74. The van der Waals surface area contributed by atoms with Crippen LogP contribution in [0.5, 0.6) is 5.75 Å². The molecule has 0 spiro atoms. The van der Waals surface area contributed by atoms with Gasteiger partial charge in [0.2, 0.25) is 0 Å². The van der Waals surface area contributed by atoms with Crippen LogP contribution in [0.1, 0.15) is 26.5 Å². The van der Waals surface area contributed by atoms with Crippen LogP contribution in [-0.2, 0) is 5.41 Å². The number of rotatable bonds is 4. The largest absolute Gasteiger partial charge is 0.497 e. The maximum absolute atomic E-state index is 12.6. The van der Waals surface area contributed by atoms with Crippen LogP contribution in [0.15, 0.2) is 59.1 Å². The maximum atomic E-state index is 12.6. The molecule has 0 aliphatic carbocycles.